The van der Waals surface area contributed by atoms with Crippen LogP contribution < -0.4 is 0 Å². The van der Waals surface area contributed by atoms with E-state index in [0.717, 1.165) is 17.9 Å². The minimum Gasteiger partial charge on any atom is -0.390 e. The second kappa shape index (κ2) is 7.87. The van der Waals surface area contributed by atoms with E-state index in [4.69, 9.17) is 0 Å². The normalized spacial score (nSPS) is 44.4. The molecule has 0 saturated heterocycles. The summed E-state index contributed by atoms with van der Waals surface area (Å²) in [5.74, 6) is 3.32. The van der Waals surface area contributed by atoms with Crippen LogP contribution in [0.3, 0.4) is 0 Å². The number of hydrogen-bond acceptors (Lipinski definition) is 2. The van der Waals surface area contributed by atoms with Gasteiger partial charge in [0.2, 0.25) is 0 Å². The van der Waals surface area contributed by atoms with Crippen LogP contribution in [0.2, 0.25) is 0 Å². The van der Waals surface area contributed by atoms with Crippen LogP contribution in [0.1, 0.15) is 86.5 Å². The summed E-state index contributed by atoms with van der Waals surface area (Å²) in [7, 11) is 0. The summed E-state index contributed by atoms with van der Waals surface area (Å²) in [4.78, 5) is 0. The fraction of sp³-hybridized carbons (Fsp3) is 0.793. The van der Waals surface area contributed by atoms with Crippen LogP contribution in [0.15, 0.2) is 36.0 Å². The van der Waals surface area contributed by atoms with E-state index in [-0.39, 0.29) is 17.4 Å². The second-order valence-corrected chi connectivity index (χ2v) is 12.5. The van der Waals surface area contributed by atoms with Crippen LogP contribution in [-0.4, -0.2) is 21.9 Å². The topological polar surface area (TPSA) is 40.5 Å². The van der Waals surface area contributed by atoms with Crippen LogP contribution in [0.5, 0.6) is 0 Å². The second-order valence-electron chi connectivity index (χ2n) is 12.5. The molecule has 2 N–H and O–H groups in total. The molecule has 0 aromatic heterocycles. The molecule has 4 rings (SSSR count). The predicted octanol–water partition coefficient (Wildman–Crippen LogP) is 6.69. The lowest BCUT2D eigenvalue weighted by atomic mass is 9.60. The lowest BCUT2D eigenvalue weighted by Gasteiger charge is -2.44. The Balaban J connectivity index is 1.50. The van der Waals surface area contributed by atoms with E-state index in [9.17, 15) is 10.2 Å². The van der Waals surface area contributed by atoms with E-state index in [0.29, 0.717) is 29.1 Å². The van der Waals surface area contributed by atoms with Crippen LogP contribution in [-0.2, 0) is 0 Å². The number of fused-ring (bicyclic) bond motifs is 2. The molecule has 4 fully saturated rings. The van der Waals surface area contributed by atoms with Crippen molar-refractivity contribution in [1.29, 1.82) is 0 Å². The standard InChI is InChI=1S/C29H46O2/c1-18(10-11-19(2)27(5,6)31)24-12-13-25-22(9-8-14-28(24,25)7)15-20(3)29-17-23(29)16-26(30)21(29)4/h10-11,15,18-20,23-26,30-31H,4,8-9,12-14,16-17H2,1-3,5-7H3/b11-10+,22-15+/t18-,19+,20?,23?,24?,25+,26+,28-,29?/m1/s1. The summed E-state index contributed by atoms with van der Waals surface area (Å²) in [6.07, 6.45) is 15.7. The summed E-state index contributed by atoms with van der Waals surface area (Å²) < 4.78 is 0. The van der Waals surface area contributed by atoms with E-state index < -0.39 is 5.60 Å². The molecular weight excluding hydrogens is 380 g/mol. The summed E-state index contributed by atoms with van der Waals surface area (Å²) in [5.41, 5.74) is 2.75. The fourth-order valence-electron chi connectivity index (χ4n) is 7.93. The Bertz CT molecular complexity index is 770. The van der Waals surface area contributed by atoms with Gasteiger partial charge in [0.05, 0.1) is 11.7 Å². The van der Waals surface area contributed by atoms with Gasteiger partial charge in [-0.2, -0.15) is 0 Å². The average molecular weight is 427 g/mol. The van der Waals surface area contributed by atoms with Gasteiger partial charge in [-0.05, 0) is 99.4 Å². The molecule has 0 radical (unpaired) electrons. The zero-order chi connectivity index (χ0) is 22.8. The summed E-state index contributed by atoms with van der Waals surface area (Å²) >= 11 is 0. The molecule has 4 saturated carbocycles. The number of hydrogen-bond donors (Lipinski definition) is 2. The summed E-state index contributed by atoms with van der Waals surface area (Å²) in [6.45, 7) is 17.6. The highest BCUT2D eigenvalue weighted by Gasteiger charge is 2.64. The molecule has 4 aliphatic rings. The minimum atomic E-state index is -0.660. The molecule has 0 aromatic rings. The monoisotopic (exact) mass is 426 g/mol. The highest BCUT2D eigenvalue weighted by atomic mass is 16.3. The average Bonchev–Trinajstić information content (AvgIpc) is 3.20. The Morgan fingerprint density at radius 3 is 2.48 bits per heavy atom. The van der Waals surface area contributed by atoms with Crippen molar-refractivity contribution in [3.05, 3.63) is 36.0 Å². The van der Waals surface area contributed by atoms with Crippen LogP contribution >= 0.6 is 0 Å². The van der Waals surface area contributed by atoms with Crippen LogP contribution in [0, 0.1) is 46.3 Å². The zero-order valence-electron chi connectivity index (χ0n) is 20.8. The number of aliphatic hydroxyl groups excluding tert-OH is 1. The minimum absolute atomic E-state index is 0.170. The molecule has 31 heavy (non-hydrogen) atoms. The molecule has 2 nitrogen and oxygen atoms in total. The van der Waals surface area contributed by atoms with Gasteiger partial charge in [0.25, 0.3) is 0 Å². The molecular formula is C29H46O2. The highest BCUT2D eigenvalue weighted by Crippen LogP contribution is 2.70. The number of allylic oxidation sites excluding steroid dienone is 3. The fourth-order valence-corrected chi connectivity index (χ4v) is 7.93. The molecule has 0 aliphatic heterocycles. The van der Waals surface area contributed by atoms with Crippen molar-refractivity contribution >= 4 is 0 Å². The molecule has 0 heterocycles. The van der Waals surface area contributed by atoms with Crippen molar-refractivity contribution in [1.82, 2.24) is 0 Å². The van der Waals surface area contributed by atoms with E-state index in [1.54, 1.807) is 5.57 Å². The van der Waals surface area contributed by atoms with Gasteiger partial charge < -0.3 is 10.2 Å². The van der Waals surface area contributed by atoms with Gasteiger partial charge in [0.15, 0.2) is 0 Å². The molecule has 174 valence electrons. The summed E-state index contributed by atoms with van der Waals surface area (Å²) in [6, 6.07) is 0. The van der Waals surface area contributed by atoms with Crippen molar-refractivity contribution in [2.75, 3.05) is 0 Å². The summed E-state index contributed by atoms with van der Waals surface area (Å²) in [5, 5.41) is 20.6. The van der Waals surface area contributed by atoms with Gasteiger partial charge >= 0.3 is 0 Å². The highest BCUT2D eigenvalue weighted by molar-refractivity contribution is 5.36. The Morgan fingerprint density at radius 1 is 1.16 bits per heavy atom. The van der Waals surface area contributed by atoms with Gasteiger partial charge in [-0.15, -0.1) is 0 Å². The number of rotatable bonds is 6. The van der Waals surface area contributed by atoms with Crippen LogP contribution in [0.25, 0.3) is 0 Å². The van der Waals surface area contributed by atoms with E-state index in [2.05, 4.69) is 52.5 Å². The van der Waals surface area contributed by atoms with Crippen molar-refractivity contribution < 1.29 is 10.2 Å². The Labute approximate surface area is 190 Å². The van der Waals surface area contributed by atoms with Crippen molar-refractivity contribution in [3.8, 4) is 0 Å². The van der Waals surface area contributed by atoms with Crippen molar-refractivity contribution in [2.45, 2.75) is 98.2 Å². The first-order valence-electron chi connectivity index (χ1n) is 12.9. The maximum atomic E-state index is 10.3. The molecule has 2 heteroatoms. The van der Waals surface area contributed by atoms with Gasteiger partial charge in [0.1, 0.15) is 0 Å². The van der Waals surface area contributed by atoms with E-state index in [1.807, 2.05) is 13.8 Å². The molecule has 0 bridgehead atoms. The Morgan fingerprint density at radius 2 is 1.87 bits per heavy atom. The van der Waals surface area contributed by atoms with E-state index in [1.165, 1.54) is 38.5 Å². The lowest BCUT2D eigenvalue weighted by Crippen LogP contribution is -2.36. The van der Waals surface area contributed by atoms with Crippen molar-refractivity contribution in [2.24, 2.45) is 46.3 Å². The van der Waals surface area contributed by atoms with Gasteiger partial charge in [0, 0.05) is 11.3 Å². The predicted molar refractivity (Wildman–Crippen MR) is 129 cm³/mol. The third-order valence-corrected chi connectivity index (χ3v) is 10.4. The Kier molecular flexibility index (Phi) is 5.92. The Hall–Kier alpha value is -0.860. The molecule has 9 atom stereocenters. The number of aliphatic hydroxyl groups is 2. The molecule has 4 unspecified atom stereocenters. The third kappa shape index (κ3) is 3.80. The third-order valence-electron chi connectivity index (χ3n) is 10.4. The largest absolute Gasteiger partial charge is 0.390 e. The zero-order valence-corrected chi connectivity index (χ0v) is 20.8. The maximum Gasteiger partial charge on any atom is 0.0756 e. The van der Waals surface area contributed by atoms with Crippen molar-refractivity contribution in [3.63, 3.8) is 0 Å². The van der Waals surface area contributed by atoms with Gasteiger partial charge in [-0.3, -0.25) is 0 Å². The van der Waals surface area contributed by atoms with Crippen LogP contribution in [0.4, 0.5) is 0 Å². The SMILES string of the molecule is C=C1[C@@H](O)CC2CC12C(C)/C=C1\CCC[C@]2(C)C([C@H](C)/C=C/[C@H](C)C(C)(C)O)CC[C@@H]12. The molecule has 0 spiro atoms. The first kappa shape index (κ1) is 23.3. The quantitative estimate of drug-likeness (QED) is 0.464. The first-order chi connectivity index (χ1) is 14.4. The molecule has 0 aromatic carbocycles. The van der Waals surface area contributed by atoms with Gasteiger partial charge in [-0.1, -0.05) is 58.1 Å². The lowest BCUT2D eigenvalue weighted by molar-refractivity contribution is 0.0436. The van der Waals surface area contributed by atoms with Gasteiger partial charge in [-0.25, -0.2) is 0 Å². The maximum absolute atomic E-state index is 10.3. The van der Waals surface area contributed by atoms with E-state index >= 15 is 0 Å². The molecule has 0 amide bonds. The first-order valence-corrected chi connectivity index (χ1v) is 12.9. The molecule has 4 aliphatic carbocycles. The smallest absolute Gasteiger partial charge is 0.0756 e.